The number of carboxylic acids is 1. The summed E-state index contributed by atoms with van der Waals surface area (Å²) in [4.78, 5) is 11.0. The molecule has 0 radical (unpaired) electrons. The molecule has 2 rings (SSSR count). The molecule has 4 nitrogen and oxygen atoms in total. The number of carboxylic acid groups (broad SMARTS) is 1. The highest BCUT2D eigenvalue weighted by Gasteiger charge is 2.24. The molecule has 0 bridgehead atoms. The summed E-state index contributed by atoms with van der Waals surface area (Å²) in [6.45, 7) is 0.570. The molecule has 1 saturated carbocycles. The standard InChI is InChI=1S/C12H14O4/c1-15-10-4-2-3-9(12(13)14)11(10)16-7-8-5-6-8/h2-4,8H,5-7H2,1H3,(H,13,14). The van der Waals surface area contributed by atoms with Gasteiger partial charge in [0, 0.05) is 0 Å². The minimum absolute atomic E-state index is 0.153. The predicted octanol–water partition coefficient (Wildman–Crippen LogP) is 2.18. The van der Waals surface area contributed by atoms with Crippen LogP contribution in [0, 0.1) is 5.92 Å². The van der Waals surface area contributed by atoms with Gasteiger partial charge in [0.2, 0.25) is 0 Å². The second kappa shape index (κ2) is 4.43. The minimum atomic E-state index is -0.996. The van der Waals surface area contributed by atoms with E-state index in [1.165, 1.54) is 13.2 Å². The lowest BCUT2D eigenvalue weighted by molar-refractivity contribution is 0.0691. The zero-order chi connectivity index (χ0) is 11.5. The molecule has 0 unspecified atom stereocenters. The number of hydrogen-bond acceptors (Lipinski definition) is 3. The molecule has 1 N–H and O–H groups in total. The Morgan fingerprint density at radius 3 is 2.81 bits per heavy atom. The van der Waals surface area contributed by atoms with Crippen LogP contribution in [0.1, 0.15) is 23.2 Å². The van der Waals surface area contributed by atoms with Crippen molar-refractivity contribution in [2.45, 2.75) is 12.8 Å². The van der Waals surface area contributed by atoms with Gasteiger partial charge in [-0.2, -0.15) is 0 Å². The number of rotatable bonds is 5. The zero-order valence-corrected chi connectivity index (χ0v) is 9.10. The van der Waals surface area contributed by atoms with Gasteiger partial charge < -0.3 is 14.6 Å². The van der Waals surface area contributed by atoms with Crippen molar-refractivity contribution >= 4 is 5.97 Å². The first kappa shape index (κ1) is 10.8. The Morgan fingerprint density at radius 1 is 1.50 bits per heavy atom. The quantitative estimate of drug-likeness (QED) is 0.829. The Hall–Kier alpha value is -1.71. The van der Waals surface area contributed by atoms with Crippen molar-refractivity contribution in [3.63, 3.8) is 0 Å². The van der Waals surface area contributed by atoms with Crippen LogP contribution >= 0.6 is 0 Å². The van der Waals surface area contributed by atoms with E-state index in [0.29, 0.717) is 24.0 Å². The molecule has 0 aliphatic heterocycles. The Morgan fingerprint density at radius 2 is 2.25 bits per heavy atom. The summed E-state index contributed by atoms with van der Waals surface area (Å²) in [6.07, 6.45) is 2.33. The average molecular weight is 222 g/mol. The Bertz CT molecular complexity index is 396. The number of methoxy groups -OCH3 is 1. The van der Waals surface area contributed by atoms with Gasteiger partial charge in [0.25, 0.3) is 0 Å². The molecule has 86 valence electrons. The van der Waals surface area contributed by atoms with E-state index in [0.717, 1.165) is 12.8 Å². The molecule has 0 spiro atoms. The molecular formula is C12H14O4. The van der Waals surface area contributed by atoms with Gasteiger partial charge in [0.15, 0.2) is 11.5 Å². The predicted molar refractivity (Wildman–Crippen MR) is 58.2 cm³/mol. The van der Waals surface area contributed by atoms with Crippen molar-refractivity contribution in [2.75, 3.05) is 13.7 Å². The Balaban J connectivity index is 2.24. The smallest absolute Gasteiger partial charge is 0.339 e. The van der Waals surface area contributed by atoms with E-state index in [1.54, 1.807) is 12.1 Å². The monoisotopic (exact) mass is 222 g/mol. The molecule has 4 heteroatoms. The van der Waals surface area contributed by atoms with Gasteiger partial charge in [-0.25, -0.2) is 4.79 Å². The summed E-state index contributed by atoms with van der Waals surface area (Å²) in [7, 11) is 1.50. The largest absolute Gasteiger partial charge is 0.493 e. The summed E-state index contributed by atoms with van der Waals surface area (Å²) < 4.78 is 10.6. The van der Waals surface area contributed by atoms with Crippen LogP contribution in [-0.4, -0.2) is 24.8 Å². The Labute approximate surface area is 93.8 Å². The second-order valence-corrected chi connectivity index (χ2v) is 3.90. The number of para-hydroxylation sites is 1. The summed E-state index contributed by atoms with van der Waals surface area (Å²) >= 11 is 0. The zero-order valence-electron chi connectivity index (χ0n) is 9.10. The fourth-order valence-electron chi connectivity index (χ4n) is 1.48. The highest BCUT2D eigenvalue weighted by atomic mass is 16.5. The minimum Gasteiger partial charge on any atom is -0.493 e. The van der Waals surface area contributed by atoms with E-state index in [4.69, 9.17) is 14.6 Å². The molecular weight excluding hydrogens is 208 g/mol. The van der Waals surface area contributed by atoms with Crippen LogP contribution in [0.3, 0.4) is 0 Å². The third kappa shape index (κ3) is 2.27. The lowest BCUT2D eigenvalue weighted by Gasteiger charge is -2.12. The summed E-state index contributed by atoms with van der Waals surface area (Å²) in [5, 5.41) is 9.03. The fraction of sp³-hybridized carbons (Fsp3) is 0.417. The average Bonchev–Trinajstić information content (AvgIpc) is 3.09. The van der Waals surface area contributed by atoms with E-state index < -0.39 is 5.97 Å². The van der Waals surface area contributed by atoms with E-state index in [1.807, 2.05) is 0 Å². The van der Waals surface area contributed by atoms with Crippen molar-refractivity contribution in [1.29, 1.82) is 0 Å². The lowest BCUT2D eigenvalue weighted by atomic mass is 10.2. The molecule has 1 aliphatic carbocycles. The van der Waals surface area contributed by atoms with Crippen LogP contribution in [0.15, 0.2) is 18.2 Å². The van der Waals surface area contributed by atoms with Crippen molar-refractivity contribution in [2.24, 2.45) is 5.92 Å². The summed E-state index contributed by atoms with van der Waals surface area (Å²) in [6, 6.07) is 4.87. The SMILES string of the molecule is COc1cccc(C(=O)O)c1OCC1CC1. The van der Waals surface area contributed by atoms with Crippen LogP contribution in [0.25, 0.3) is 0 Å². The first-order chi connectivity index (χ1) is 7.72. The van der Waals surface area contributed by atoms with Crippen LogP contribution in [0.5, 0.6) is 11.5 Å². The second-order valence-electron chi connectivity index (χ2n) is 3.90. The highest BCUT2D eigenvalue weighted by molar-refractivity contribution is 5.92. The number of aromatic carboxylic acids is 1. The van der Waals surface area contributed by atoms with Gasteiger partial charge in [0.05, 0.1) is 13.7 Å². The maximum absolute atomic E-state index is 11.0. The van der Waals surface area contributed by atoms with Crippen molar-refractivity contribution < 1.29 is 19.4 Å². The van der Waals surface area contributed by atoms with Crippen molar-refractivity contribution in [1.82, 2.24) is 0 Å². The van der Waals surface area contributed by atoms with E-state index in [2.05, 4.69) is 0 Å². The first-order valence-corrected chi connectivity index (χ1v) is 5.25. The third-order valence-electron chi connectivity index (χ3n) is 2.59. The summed E-state index contributed by atoms with van der Waals surface area (Å²) in [5.41, 5.74) is 0.153. The van der Waals surface area contributed by atoms with Crippen molar-refractivity contribution in [3.8, 4) is 11.5 Å². The number of hydrogen-bond donors (Lipinski definition) is 1. The maximum Gasteiger partial charge on any atom is 0.339 e. The summed E-state index contributed by atoms with van der Waals surface area (Å²) in [5.74, 6) is 0.390. The molecule has 16 heavy (non-hydrogen) atoms. The van der Waals surface area contributed by atoms with Crippen LogP contribution in [0.2, 0.25) is 0 Å². The van der Waals surface area contributed by atoms with Gasteiger partial charge in [-0.1, -0.05) is 6.07 Å². The molecule has 1 aliphatic rings. The van der Waals surface area contributed by atoms with Crippen molar-refractivity contribution in [3.05, 3.63) is 23.8 Å². The molecule has 1 aromatic carbocycles. The van der Waals surface area contributed by atoms with Gasteiger partial charge in [-0.15, -0.1) is 0 Å². The van der Waals surface area contributed by atoms with E-state index in [-0.39, 0.29) is 5.56 Å². The van der Waals surface area contributed by atoms with Crippen LogP contribution in [-0.2, 0) is 0 Å². The normalized spacial score (nSPS) is 14.6. The van der Waals surface area contributed by atoms with Gasteiger partial charge in [-0.05, 0) is 30.9 Å². The van der Waals surface area contributed by atoms with Crippen LogP contribution in [0.4, 0.5) is 0 Å². The number of carbonyl (C=O) groups is 1. The third-order valence-corrected chi connectivity index (χ3v) is 2.59. The van der Waals surface area contributed by atoms with E-state index in [9.17, 15) is 4.79 Å². The van der Waals surface area contributed by atoms with Gasteiger partial charge in [0.1, 0.15) is 5.56 Å². The fourth-order valence-corrected chi connectivity index (χ4v) is 1.48. The number of benzene rings is 1. The maximum atomic E-state index is 11.0. The molecule has 0 atom stereocenters. The topological polar surface area (TPSA) is 55.8 Å². The van der Waals surface area contributed by atoms with Gasteiger partial charge >= 0.3 is 5.97 Å². The van der Waals surface area contributed by atoms with Gasteiger partial charge in [-0.3, -0.25) is 0 Å². The number of ether oxygens (including phenoxy) is 2. The molecule has 0 saturated heterocycles. The molecule has 0 amide bonds. The molecule has 0 heterocycles. The molecule has 1 aromatic rings. The molecule has 1 fully saturated rings. The van der Waals surface area contributed by atoms with Crippen LogP contribution < -0.4 is 9.47 Å². The first-order valence-electron chi connectivity index (χ1n) is 5.25. The van der Waals surface area contributed by atoms with E-state index >= 15 is 0 Å². The lowest BCUT2D eigenvalue weighted by Crippen LogP contribution is -2.07. The molecule has 0 aromatic heterocycles. The highest BCUT2D eigenvalue weighted by Crippen LogP contribution is 2.34. The Kier molecular flexibility index (Phi) is 2.99.